The van der Waals surface area contributed by atoms with Gasteiger partial charge in [0.1, 0.15) is 0 Å². The minimum Gasteiger partial charge on any atom is -0.394 e. The van der Waals surface area contributed by atoms with Crippen LogP contribution in [0.4, 0.5) is 10.5 Å². The van der Waals surface area contributed by atoms with E-state index < -0.39 is 0 Å². The summed E-state index contributed by atoms with van der Waals surface area (Å²) in [5.74, 6) is 0.176. The van der Waals surface area contributed by atoms with Gasteiger partial charge in [-0.3, -0.25) is 4.79 Å². The Bertz CT molecular complexity index is 573. The van der Waals surface area contributed by atoms with Gasteiger partial charge in [-0.1, -0.05) is 12.1 Å². The van der Waals surface area contributed by atoms with Gasteiger partial charge in [0.25, 0.3) is 0 Å². The van der Waals surface area contributed by atoms with E-state index in [1.807, 2.05) is 24.3 Å². The van der Waals surface area contributed by atoms with Crippen LogP contribution >= 0.6 is 0 Å². The van der Waals surface area contributed by atoms with Crippen molar-refractivity contribution in [2.45, 2.75) is 38.3 Å². The summed E-state index contributed by atoms with van der Waals surface area (Å²) in [4.78, 5) is 27.4. The lowest BCUT2D eigenvalue weighted by molar-refractivity contribution is -0.117. The van der Waals surface area contributed by atoms with Crippen molar-refractivity contribution in [2.24, 2.45) is 0 Å². The van der Waals surface area contributed by atoms with Crippen molar-refractivity contribution in [1.82, 2.24) is 10.2 Å². The van der Waals surface area contributed by atoms with E-state index in [2.05, 4.69) is 5.32 Å². The van der Waals surface area contributed by atoms with E-state index in [-0.39, 0.29) is 24.6 Å². The number of amides is 3. The summed E-state index contributed by atoms with van der Waals surface area (Å²) < 4.78 is 0. The Kier molecular flexibility index (Phi) is 4.81. The molecule has 3 amide bonds. The normalized spacial score (nSPS) is 21.1. The molecule has 3 rings (SSSR count). The zero-order valence-electron chi connectivity index (χ0n) is 13.2. The summed E-state index contributed by atoms with van der Waals surface area (Å²) in [6.07, 6.45) is 3.35. The molecule has 2 N–H and O–H groups in total. The SMILES string of the molecule is O=C1CCCN1c1ccc(CNC(=O)N2CCC[C@H]2CO)cc1. The van der Waals surface area contributed by atoms with Crippen LogP contribution < -0.4 is 10.2 Å². The van der Waals surface area contributed by atoms with Crippen LogP contribution in [0, 0.1) is 0 Å². The smallest absolute Gasteiger partial charge is 0.317 e. The van der Waals surface area contributed by atoms with Gasteiger partial charge in [0, 0.05) is 31.7 Å². The fraction of sp³-hybridized carbons (Fsp3) is 0.529. The first-order chi connectivity index (χ1) is 11.2. The number of anilines is 1. The molecule has 0 aromatic heterocycles. The summed E-state index contributed by atoms with van der Waals surface area (Å²) in [6, 6.07) is 7.55. The topological polar surface area (TPSA) is 72.9 Å². The van der Waals surface area contributed by atoms with Gasteiger partial charge in [0.15, 0.2) is 0 Å². The predicted molar refractivity (Wildman–Crippen MR) is 87.1 cm³/mol. The Balaban J connectivity index is 1.54. The third-order valence-electron chi connectivity index (χ3n) is 4.61. The number of urea groups is 1. The predicted octanol–water partition coefficient (Wildman–Crippen LogP) is 1.48. The summed E-state index contributed by atoms with van der Waals surface area (Å²) >= 11 is 0. The van der Waals surface area contributed by atoms with Crippen molar-refractivity contribution < 1.29 is 14.7 Å². The molecule has 2 saturated heterocycles. The van der Waals surface area contributed by atoms with Gasteiger partial charge in [-0.25, -0.2) is 4.79 Å². The van der Waals surface area contributed by atoms with E-state index in [1.165, 1.54) is 0 Å². The van der Waals surface area contributed by atoms with E-state index in [0.29, 0.717) is 19.5 Å². The second-order valence-electron chi connectivity index (χ2n) is 6.15. The highest BCUT2D eigenvalue weighted by Gasteiger charge is 2.27. The van der Waals surface area contributed by atoms with Crippen molar-refractivity contribution >= 4 is 17.6 Å². The highest BCUT2D eigenvalue weighted by atomic mass is 16.3. The minimum atomic E-state index is -0.125. The number of carbonyl (C=O) groups is 2. The summed E-state index contributed by atoms with van der Waals surface area (Å²) in [7, 11) is 0. The van der Waals surface area contributed by atoms with Gasteiger partial charge in [-0.05, 0) is 37.0 Å². The van der Waals surface area contributed by atoms with E-state index in [4.69, 9.17) is 0 Å². The van der Waals surface area contributed by atoms with Crippen LogP contribution in [-0.4, -0.2) is 47.7 Å². The first kappa shape index (κ1) is 15.8. The average molecular weight is 317 g/mol. The molecule has 2 fully saturated rings. The molecule has 2 heterocycles. The number of benzene rings is 1. The molecular formula is C17H23N3O3. The third kappa shape index (κ3) is 3.47. The maximum absolute atomic E-state index is 12.2. The van der Waals surface area contributed by atoms with E-state index in [9.17, 15) is 14.7 Å². The molecule has 0 radical (unpaired) electrons. The zero-order valence-corrected chi connectivity index (χ0v) is 13.2. The molecule has 1 atom stereocenters. The number of rotatable bonds is 4. The van der Waals surface area contributed by atoms with Gasteiger partial charge >= 0.3 is 6.03 Å². The van der Waals surface area contributed by atoms with Crippen molar-refractivity contribution in [1.29, 1.82) is 0 Å². The second-order valence-corrected chi connectivity index (χ2v) is 6.15. The molecule has 6 heteroatoms. The van der Waals surface area contributed by atoms with Gasteiger partial charge in [0.05, 0.1) is 12.6 Å². The zero-order chi connectivity index (χ0) is 16.2. The number of nitrogens with zero attached hydrogens (tertiary/aromatic N) is 2. The molecule has 23 heavy (non-hydrogen) atoms. The van der Waals surface area contributed by atoms with Crippen LogP contribution in [0.1, 0.15) is 31.2 Å². The number of nitrogens with one attached hydrogen (secondary N) is 1. The molecule has 0 spiro atoms. The van der Waals surface area contributed by atoms with Crippen molar-refractivity contribution in [2.75, 3.05) is 24.6 Å². The average Bonchev–Trinajstić information content (AvgIpc) is 3.21. The molecule has 0 bridgehead atoms. The Morgan fingerprint density at radius 1 is 1.22 bits per heavy atom. The molecule has 0 aliphatic carbocycles. The van der Waals surface area contributed by atoms with Crippen molar-refractivity contribution in [3.05, 3.63) is 29.8 Å². The van der Waals surface area contributed by atoms with E-state index in [1.54, 1.807) is 9.80 Å². The molecule has 1 aromatic carbocycles. The lowest BCUT2D eigenvalue weighted by atomic mass is 10.2. The van der Waals surface area contributed by atoms with Crippen LogP contribution in [0.2, 0.25) is 0 Å². The second kappa shape index (κ2) is 7.00. The molecule has 124 valence electrons. The summed E-state index contributed by atoms with van der Waals surface area (Å²) in [5.41, 5.74) is 1.91. The van der Waals surface area contributed by atoms with Crippen molar-refractivity contribution in [3.8, 4) is 0 Å². The monoisotopic (exact) mass is 317 g/mol. The quantitative estimate of drug-likeness (QED) is 0.883. The Morgan fingerprint density at radius 2 is 2.00 bits per heavy atom. The summed E-state index contributed by atoms with van der Waals surface area (Å²) in [6.45, 7) is 1.95. The van der Waals surface area contributed by atoms with Crippen LogP contribution in [0.15, 0.2) is 24.3 Å². The molecular weight excluding hydrogens is 294 g/mol. The Morgan fingerprint density at radius 3 is 2.65 bits per heavy atom. The van der Waals surface area contributed by atoms with Crippen LogP contribution in [0.25, 0.3) is 0 Å². The summed E-state index contributed by atoms with van der Waals surface area (Å²) in [5, 5.41) is 12.2. The molecule has 2 aliphatic heterocycles. The number of aliphatic hydroxyl groups is 1. The van der Waals surface area contributed by atoms with Crippen LogP contribution in [-0.2, 0) is 11.3 Å². The van der Waals surface area contributed by atoms with Crippen LogP contribution in [0.3, 0.4) is 0 Å². The minimum absolute atomic E-state index is 0.0198. The fourth-order valence-corrected chi connectivity index (χ4v) is 3.29. The number of carbonyl (C=O) groups excluding carboxylic acids is 2. The maximum atomic E-state index is 12.2. The molecule has 0 unspecified atom stereocenters. The molecule has 1 aromatic rings. The molecule has 2 aliphatic rings. The van der Waals surface area contributed by atoms with Crippen LogP contribution in [0.5, 0.6) is 0 Å². The Hall–Kier alpha value is -2.08. The maximum Gasteiger partial charge on any atom is 0.317 e. The lowest BCUT2D eigenvalue weighted by Crippen LogP contribution is -2.43. The van der Waals surface area contributed by atoms with Gasteiger partial charge in [0.2, 0.25) is 5.91 Å². The molecule has 6 nitrogen and oxygen atoms in total. The third-order valence-corrected chi connectivity index (χ3v) is 4.61. The van der Waals surface area contributed by atoms with Gasteiger partial charge in [-0.2, -0.15) is 0 Å². The highest BCUT2D eigenvalue weighted by molar-refractivity contribution is 5.95. The first-order valence-electron chi connectivity index (χ1n) is 8.23. The number of hydrogen-bond donors (Lipinski definition) is 2. The van der Waals surface area contributed by atoms with Gasteiger partial charge < -0.3 is 20.2 Å². The number of aliphatic hydroxyl groups excluding tert-OH is 1. The number of likely N-dealkylation sites (tertiary alicyclic amines) is 1. The number of hydrogen-bond acceptors (Lipinski definition) is 3. The largest absolute Gasteiger partial charge is 0.394 e. The highest BCUT2D eigenvalue weighted by Crippen LogP contribution is 2.21. The van der Waals surface area contributed by atoms with E-state index in [0.717, 1.165) is 37.1 Å². The Labute approximate surface area is 136 Å². The lowest BCUT2D eigenvalue weighted by Gasteiger charge is -2.23. The van der Waals surface area contributed by atoms with Gasteiger partial charge in [-0.15, -0.1) is 0 Å². The first-order valence-corrected chi connectivity index (χ1v) is 8.23. The van der Waals surface area contributed by atoms with E-state index >= 15 is 0 Å². The molecule has 0 saturated carbocycles. The van der Waals surface area contributed by atoms with Crippen molar-refractivity contribution in [3.63, 3.8) is 0 Å². The standard InChI is InChI=1S/C17H23N3O3/c21-12-15-3-1-10-20(15)17(23)18-11-13-5-7-14(8-6-13)19-9-2-4-16(19)22/h5-8,15,21H,1-4,9-12H2,(H,18,23)/t15-/m0/s1. The fourth-order valence-electron chi connectivity index (χ4n) is 3.29.